The van der Waals surface area contributed by atoms with Crippen LogP contribution in [0.4, 0.5) is 0 Å². The zero-order valence-electron chi connectivity index (χ0n) is 16.9. The fraction of sp³-hybridized carbons (Fsp3) is 0.381. The Bertz CT molecular complexity index is 977. The van der Waals surface area contributed by atoms with Crippen LogP contribution >= 0.6 is 11.8 Å². The summed E-state index contributed by atoms with van der Waals surface area (Å²) in [5, 5.41) is 8.58. The Kier molecular flexibility index (Phi) is 6.36. The highest BCUT2D eigenvalue weighted by atomic mass is 32.2. The molecule has 0 bridgehead atoms. The van der Waals surface area contributed by atoms with Crippen molar-refractivity contribution in [2.24, 2.45) is 0 Å². The molecule has 3 rings (SSSR count). The lowest BCUT2D eigenvalue weighted by Gasteiger charge is -2.17. The molecule has 0 saturated carbocycles. The molecule has 28 heavy (non-hydrogen) atoms. The van der Waals surface area contributed by atoms with Crippen LogP contribution in [0.3, 0.4) is 0 Å². The summed E-state index contributed by atoms with van der Waals surface area (Å²) >= 11 is 1.26. The molecule has 0 saturated heterocycles. The van der Waals surface area contributed by atoms with Gasteiger partial charge in [0.15, 0.2) is 5.78 Å². The van der Waals surface area contributed by atoms with Crippen molar-refractivity contribution in [3.05, 3.63) is 52.8 Å². The van der Waals surface area contributed by atoms with Crippen LogP contribution in [0.5, 0.6) is 0 Å². The summed E-state index contributed by atoms with van der Waals surface area (Å²) in [4.78, 5) is 12.8. The van der Waals surface area contributed by atoms with E-state index in [0.29, 0.717) is 17.7 Å². The lowest BCUT2D eigenvalue weighted by molar-refractivity contribution is 0.102. The van der Waals surface area contributed by atoms with Crippen LogP contribution in [0.1, 0.15) is 40.3 Å². The topological polar surface area (TPSA) is 70.2 Å². The number of benzene rings is 1. The number of hydrogen-bond donors (Lipinski definition) is 0. The molecule has 0 aliphatic heterocycles. The van der Waals surface area contributed by atoms with E-state index in [2.05, 4.69) is 21.7 Å². The maximum atomic E-state index is 12.8. The van der Waals surface area contributed by atoms with Crippen LogP contribution in [0.2, 0.25) is 0 Å². The Morgan fingerprint density at radius 2 is 2.00 bits per heavy atom. The highest BCUT2D eigenvalue weighted by Crippen LogP contribution is 2.27. The predicted molar refractivity (Wildman–Crippen MR) is 110 cm³/mol. The van der Waals surface area contributed by atoms with Crippen LogP contribution in [0.25, 0.3) is 11.5 Å². The van der Waals surface area contributed by atoms with E-state index in [0.717, 1.165) is 28.1 Å². The summed E-state index contributed by atoms with van der Waals surface area (Å²) in [6, 6.07) is 9.95. The Morgan fingerprint density at radius 1 is 1.25 bits per heavy atom. The standard InChI is InChI=1S/C21H25N3O3S/c1-13-8-6-7-9-17(13)20-22-23-21(27-20)28-12-19(25)18-10-14(2)24(16(18)4)15(3)11-26-5/h6-10,15H,11-12H2,1-5H3/t15-/m0/s1. The van der Waals surface area contributed by atoms with Gasteiger partial charge in [-0.05, 0) is 45.4 Å². The Hall–Kier alpha value is -2.38. The first-order chi connectivity index (χ1) is 13.4. The number of thioether (sulfide) groups is 1. The van der Waals surface area contributed by atoms with E-state index in [1.165, 1.54) is 11.8 Å². The van der Waals surface area contributed by atoms with Gasteiger partial charge >= 0.3 is 0 Å². The molecule has 3 aromatic rings. The molecule has 0 N–H and O–H groups in total. The first-order valence-electron chi connectivity index (χ1n) is 9.15. The van der Waals surface area contributed by atoms with E-state index in [-0.39, 0.29) is 17.6 Å². The van der Waals surface area contributed by atoms with Crippen molar-refractivity contribution in [3.63, 3.8) is 0 Å². The second kappa shape index (κ2) is 8.75. The van der Waals surface area contributed by atoms with Gasteiger partial charge in [0.1, 0.15) is 0 Å². The molecule has 2 heterocycles. The average Bonchev–Trinajstić information content (AvgIpc) is 3.24. The summed E-state index contributed by atoms with van der Waals surface area (Å²) in [6.07, 6.45) is 0. The maximum absolute atomic E-state index is 12.8. The molecule has 0 aliphatic carbocycles. The van der Waals surface area contributed by atoms with Gasteiger partial charge < -0.3 is 13.7 Å². The molecule has 0 spiro atoms. The summed E-state index contributed by atoms with van der Waals surface area (Å²) in [5.74, 6) is 0.766. The highest BCUT2D eigenvalue weighted by Gasteiger charge is 2.20. The lowest BCUT2D eigenvalue weighted by atomic mass is 10.1. The molecular formula is C21H25N3O3S. The third-order valence-electron chi connectivity index (χ3n) is 4.74. The molecule has 0 amide bonds. The minimum Gasteiger partial charge on any atom is -0.411 e. The number of aromatic nitrogens is 3. The smallest absolute Gasteiger partial charge is 0.277 e. The summed E-state index contributed by atoms with van der Waals surface area (Å²) in [5.41, 5.74) is 4.71. The third kappa shape index (κ3) is 4.20. The van der Waals surface area contributed by atoms with E-state index in [9.17, 15) is 4.79 Å². The van der Waals surface area contributed by atoms with Crippen molar-refractivity contribution < 1.29 is 13.9 Å². The number of ether oxygens (including phenoxy) is 1. The van der Waals surface area contributed by atoms with Gasteiger partial charge in [-0.15, -0.1) is 10.2 Å². The van der Waals surface area contributed by atoms with Crippen LogP contribution in [-0.2, 0) is 4.74 Å². The van der Waals surface area contributed by atoms with Crippen LogP contribution in [-0.4, -0.2) is 40.0 Å². The molecular weight excluding hydrogens is 374 g/mol. The number of carbonyl (C=O) groups is 1. The SMILES string of the molecule is COC[C@H](C)n1c(C)cc(C(=O)CSc2nnc(-c3ccccc3C)o2)c1C. The van der Waals surface area contributed by atoms with E-state index in [4.69, 9.17) is 9.15 Å². The zero-order chi connectivity index (χ0) is 20.3. The summed E-state index contributed by atoms with van der Waals surface area (Å²) in [7, 11) is 1.68. The fourth-order valence-corrected chi connectivity index (χ4v) is 4.09. The molecule has 6 nitrogen and oxygen atoms in total. The van der Waals surface area contributed by atoms with Gasteiger partial charge in [0.2, 0.25) is 5.89 Å². The number of aryl methyl sites for hydroxylation is 2. The number of ketones is 1. The summed E-state index contributed by atoms with van der Waals surface area (Å²) in [6.45, 7) is 8.66. The van der Waals surface area contributed by atoms with Crippen molar-refractivity contribution in [3.8, 4) is 11.5 Å². The number of carbonyl (C=O) groups excluding carboxylic acids is 1. The monoisotopic (exact) mass is 399 g/mol. The largest absolute Gasteiger partial charge is 0.411 e. The Balaban J connectivity index is 1.70. The molecule has 1 atom stereocenters. The van der Waals surface area contributed by atoms with Crippen molar-refractivity contribution in [1.29, 1.82) is 0 Å². The number of Topliss-reactive ketones (excluding diaryl/α,β-unsaturated/α-hetero) is 1. The average molecular weight is 400 g/mol. The normalized spacial score (nSPS) is 12.3. The molecule has 148 valence electrons. The molecule has 0 fully saturated rings. The van der Waals surface area contributed by atoms with Crippen LogP contribution in [0, 0.1) is 20.8 Å². The maximum Gasteiger partial charge on any atom is 0.277 e. The number of methoxy groups -OCH3 is 1. The first-order valence-corrected chi connectivity index (χ1v) is 10.1. The van der Waals surface area contributed by atoms with Gasteiger partial charge in [-0.3, -0.25) is 4.79 Å². The van der Waals surface area contributed by atoms with E-state index < -0.39 is 0 Å². The number of hydrogen-bond acceptors (Lipinski definition) is 6. The van der Waals surface area contributed by atoms with E-state index in [1.54, 1.807) is 7.11 Å². The van der Waals surface area contributed by atoms with Crippen LogP contribution in [0.15, 0.2) is 40.0 Å². The quantitative estimate of drug-likeness (QED) is 0.406. The van der Waals surface area contributed by atoms with Gasteiger partial charge in [0, 0.05) is 29.6 Å². The zero-order valence-corrected chi connectivity index (χ0v) is 17.7. The van der Waals surface area contributed by atoms with Gasteiger partial charge in [-0.2, -0.15) is 0 Å². The second-order valence-electron chi connectivity index (χ2n) is 6.86. The molecule has 0 unspecified atom stereocenters. The molecule has 0 aliphatic rings. The first kappa shape index (κ1) is 20.4. The Morgan fingerprint density at radius 3 is 2.71 bits per heavy atom. The predicted octanol–water partition coefficient (Wildman–Crippen LogP) is 4.65. The molecule has 1 aromatic carbocycles. The highest BCUT2D eigenvalue weighted by molar-refractivity contribution is 7.99. The van der Waals surface area contributed by atoms with Gasteiger partial charge in [0.25, 0.3) is 5.22 Å². The fourth-order valence-electron chi connectivity index (χ4n) is 3.45. The third-order valence-corrected chi connectivity index (χ3v) is 5.56. The van der Waals surface area contributed by atoms with Crippen molar-refractivity contribution in [1.82, 2.24) is 14.8 Å². The van der Waals surface area contributed by atoms with E-state index >= 15 is 0 Å². The minimum atomic E-state index is 0.0459. The number of nitrogens with zero attached hydrogens (tertiary/aromatic N) is 3. The lowest BCUT2D eigenvalue weighted by Crippen LogP contribution is -2.14. The van der Waals surface area contributed by atoms with Crippen molar-refractivity contribution in [2.75, 3.05) is 19.5 Å². The van der Waals surface area contributed by atoms with E-state index in [1.807, 2.05) is 51.1 Å². The molecule has 7 heteroatoms. The van der Waals surface area contributed by atoms with Crippen molar-refractivity contribution in [2.45, 2.75) is 39.0 Å². The van der Waals surface area contributed by atoms with Crippen molar-refractivity contribution >= 4 is 17.5 Å². The van der Waals surface area contributed by atoms with Crippen LogP contribution < -0.4 is 0 Å². The number of rotatable bonds is 8. The molecule has 2 aromatic heterocycles. The van der Waals surface area contributed by atoms with Gasteiger partial charge in [-0.1, -0.05) is 30.0 Å². The minimum absolute atomic E-state index is 0.0459. The Labute approximate surface area is 169 Å². The second-order valence-corrected chi connectivity index (χ2v) is 7.79. The summed E-state index contributed by atoms with van der Waals surface area (Å²) < 4.78 is 13.1. The van der Waals surface area contributed by atoms with Gasteiger partial charge in [0.05, 0.1) is 18.4 Å². The van der Waals surface area contributed by atoms with Gasteiger partial charge in [-0.25, -0.2) is 0 Å². The molecule has 0 radical (unpaired) electrons.